The van der Waals surface area contributed by atoms with Gasteiger partial charge in [-0.1, -0.05) is 17.8 Å². The summed E-state index contributed by atoms with van der Waals surface area (Å²) in [6.45, 7) is 6.73. The first kappa shape index (κ1) is 17.3. The van der Waals surface area contributed by atoms with E-state index in [4.69, 9.17) is 4.42 Å². The molecule has 7 heteroatoms. The van der Waals surface area contributed by atoms with E-state index in [1.54, 1.807) is 6.26 Å². The van der Waals surface area contributed by atoms with E-state index in [2.05, 4.69) is 21.6 Å². The van der Waals surface area contributed by atoms with E-state index < -0.39 is 0 Å². The smallest absolute Gasteiger partial charge is 0.234 e. The average molecular weight is 356 g/mol. The van der Waals surface area contributed by atoms with Gasteiger partial charge in [0.05, 0.1) is 12.0 Å². The molecule has 0 spiro atoms. The monoisotopic (exact) mass is 356 g/mol. The predicted molar refractivity (Wildman–Crippen MR) is 98.7 cm³/mol. The van der Waals surface area contributed by atoms with Gasteiger partial charge in [-0.05, 0) is 56.2 Å². The van der Waals surface area contributed by atoms with Crippen molar-refractivity contribution in [3.05, 3.63) is 47.7 Å². The van der Waals surface area contributed by atoms with Crippen LogP contribution in [0.1, 0.15) is 18.1 Å². The van der Waals surface area contributed by atoms with Gasteiger partial charge in [-0.2, -0.15) is 0 Å². The molecule has 0 fully saturated rings. The minimum absolute atomic E-state index is 0.0693. The van der Waals surface area contributed by atoms with Crippen molar-refractivity contribution in [2.45, 2.75) is 32.5 Å². The van der Waals surface area contributed by atoms with Crippen molar-refractivity contribution in [3.8, 4) is 11.6 Å². The summed E-state index contributed by atoms with van der Waals surface area (Å²) in [7, 11) is 0. The Kier molecular flexibility index (Phi) is 5.23. The third-order valence-electron chi connectivity index (χ3n) is 3.61. The highest BCUT2D eigenvalue weighted by Gasteiger charge is 2.16. The summed E-state index contributed by atoms with van der Waals surface area (Å²) in [4.78, 5) is 12.2. The lowest BCUT2D eigenvalue weighted by Gasteiger charge is -2.08. The Morgan fingerprint density at radius 2 is 2.00 bits per heavy atom. The van der Waals surface area contributed by atoms with Crippen LogP contribution < -0.4 is 5.32 Å². The molecule has 0 bridgehead atoms. The number of hydrogen-bond donors (Lipinski definition) is 1. The SMILES string of the molecule is CCn1c(SCC(=O)Nc2cc(C)cc(C)c2)nnc1-c1ccco1. The standard InChI is InChI=1S/C18H20N4O2S/c1-4-22-17(15-6-5-7-24-15)20-21-18(22)25-11-16(23)19-14-9-12(2)8-13(3)10-14/h5-10H,4,11H2,1-3H3,(H,19,23). The largest absolute Gasteiger partial charge is 0.461 e. The summed E-state index contributed by atoms with van der Waals surface area (Å²) >= 11 is 1.36. The normalized spacial score (nSPS) is 10.8. The molecule has 0 radical (unpaired) electrons. The van der Waals surface area contributed by atoms with Gasteiger partial charge in [0.2, 0.25) is 5.91 Å². The number of hydrogen-bond acceptors (Lipinski definition) is 5. The van der Waals surface area contributed by atoms with Gasteiger partial charge in [-0.15, -0.1) is 10.2 Å². The molecule has 0 saturated heterocycles. The van der Waals surface area contributed by atoms with Crippen molar-refractivity contribution < 1.29 is 9.21 Å². The molecule has 3 rings (SSSR count). The average Bonchev–Trinajstić information content (AvgIpc) is 3.20. The zero-order valence-corrected chi connectivity index (χ0v) is 15.3. The highest BCUT2D eigenvalue weighted by molar-refractivity contribution is 7.99. The fourth-order valence-electron chi connectivity index (χ4n) is 2.64. The Bertz CT molecular complexity index is 851. The number of benzene rings is 1. The van der Waals surface area contributed by atoms with Crippen molar-refractivity contribution >= 4 is 23.4 Å². The number of aryl methyl sites for hydroxylation is 2. The molecular formula is C18H20N4O2S. The molecule has 1 amide bonds. The number of carbonyl (C=O) groups excluding carboxylic acids is 1. The van der Waals surface area contributed by atoms with Crippen LogP contribution in [0.15, 0.2) is 46.2 Å². The first-order chi connectivity index (χ1) is 12.1. The molecule has 0 aliphatic rings. The van der Waals surface area contributed by atoms with E-state index in [9.17, 15) is 4.79 Å². The minimum atomic E-state index is -0.0693. The summed E-state index contributed by atoms with van der Waals surface area (Å²) < 4.78 is 7.33. The fraction of sp³-hybridized carbons (Fsp3) is 0.278. The number of aromatic nitrogens is 3. The van der Waals surface area contributed by atoms with E-state index in [1.165, 1.54) is 11.8 Å². The van der Waals surface area contributed by atoms with Crippen LogP contribution in [0.3, 0.4) is 0 Å². The van der Waals surface area contributed by atoms with Crippen LogP contribution in [0.5, 0.6) is 0 Å². The molecule has 1 aromatic carbocycles. The Balaban J connectivity index is 1.66. The van der Waals surface area contributed by atoms with Gasteiger partial charge in [-0.3, -0.25) is 9.36 Å². The van der Waals surface area contributed by atoms with E-state index in [-0.39, 0.29) is 11.7 Å². The first-order valence-electron chi connectivity index (χ1n) is 8.05. The number of carbonyl (C=O) groups is 1. The zero-order chi connectivity index (χ0) is 17.8. The van der Waals surface area contributed by atoms with Gasteiger partial charge in [0.25, 0.3) is 0 Å². The quantitative estimate of drug-likeness (QED) is 0.678. The second-order valence-corrected chi connectivity index (χ2v) is 6.68. The molecule has 0 atom stereocenters. The highest BCUT2D eigenvalue weighted by atomic mass is 32.2. The number of furan rings is 1. The molecule has 25 heavy (non-hydrogen) atoms. The summed E-state index contributed by atoms with van der Waals surface area (Å²) in [5, 5.41) is 12.0. The lowest BCUT2D eigenvalue weighted by molar-refractivity contribution is -0.113. The first-order valence-corrected chi connectivity index (χ1v) is 9.03. The topological polar surface area (TPSA) is 73.0 Å². The van der Waals surface area contributed by atoms with Crippen LogP contribution in [0.4, 0.5) is 5.69 Å². The molecular weight excluding hydrogens is 336 g/mol. The van der Waals surface area contributed by atoms with Crippen LogP contribution in [0, 0.1) is 13.8 Å². The number of thioether (sulfide) groups is 1. The summed E-state index contributed by atoms with van der Waals surface area (Å²) in [5.74, 6) is 1.54. The van der Waals surface area contributed by atoms with Crippen molar-refractivity contribution in [3.63, 3.8) is 0 Å². The lowest BCUT2D eigenvalue weighted by Crippen LogP contribution is -2.15. The van der Waals surface area contributed by atoms with Gasteiger partial charge < -0.3 is 9.73 Å². The number of rotatable bonds is 6. The summed E-state index contributed by atoms with van der Waals surface area (Å²) in [6.07, 6.45) is 1.61. The van der Waals surface area contributed by atoms with E-state index >= 15 is 0 Å². The van der Waals surface area contributed by atoms with Gasteiger partial charge in [0.15, 0.2) is 16.7 Å². The van der Waals surface area contributed by atoms with Crippen LogP contribution in [-0.4, -0.2) is 26.4 Å². The molecule has 0 unspecified atom stereocenters. The maximum atomic E-state index is 12.2. The third kappa shape index (κ3) is 4.11. The van der Waals surface area contributed by atoms with Crippen molar-refractivity contribution in [1.82, 2.24) is 14.8 Å². The van der Waals surface area contributed by atoms with Gasteiger partial charge in [-0.25, -0.2) is 0 Å². The van der Waals surface area contributed by atoms with E-state index in [0.29, 0.717) is 23.3 Å². The van der Waals surface area contributed by atoms with Crippen LogP contribution in [0.2, 0.25) is 0 Å². The maximum absolute atomic E-state index is 12.2. The molecule has 1 N–H and O–H groups in total. The Labute approximate surface area is 150 Å². The van der Waals surface area contributed by atoms with Gasteiger partial charge in [0.1, 0.15) is 0 Å². The molecule has 0 saturated carbocycles. The Morgan fingerprint density at radius 1 is 1.24 bits per heavy atom. The number of anilines is 1. The van der Waals surface area contributed by atoms with Gasteiger partial charge >= 0.3 is 0 Å². The number of amides is 1. The minimum Gasteiger partial charge on any atom is -0.461 e. The van der Waals surface area contributed by atoms with Crippen LogP contribution in [-0.2, 0) is 11.3 Å². The Morgan fingerprint density at radius 3 is 2.64 bits per heavy atom. The predicted octanol–water partition coefficient (Wildman–Crippen LogP) is 3.91. The second kappa shape index (κ2) is 7.57. The van der Waals surface area contributed by atoms with Crippen molar-refractivity contribution in [1.29, 1.82) is 0 Å². The fourth-order valence-corrected chi connectivity index (χ4v) is 3.44. The summed E-state index contributed by atoms with van der Waals surface area (Å²) in [6, 6.07) is 9.65. The lowest BCUT2D eigenvalue weighted by atomic mass is 10.1. The molecule has 2 heterocycles. The number of nitrogens with one attached hydrogen (secondary N) is 1. The molecule has 6 nitrogen and oxygen atoms in total. The molecule has 0 aliphatic heterocycles. The van der Waals surface area contributed by atoms with Crippen LogP contribution >= 0.6 is 11.8 Å². The van der Waals surface area contributed by atoms with Crippen LogP contribution in [0.25, 0.3) is 11.6 Å². The van der Waals surface area contributed by atoms with E-state index in [1.807, 2.05) is 49.6 Å². The molecule has 2 aromatic heterocycles. The second-order valence-electron chi connectivity index (χ2n) is 5.74. The highest BCUT2D eigenvalue weighted by Crippen LogP contribution is 2.24. The van der Waals surface area contributed by atoms with Crippen molar-refractivity contribution in [2.75, 3.05) is 11.1 Å². The molecule has 130 valence electrons. The maximum Gasteiger partial charge on any atom is 0.234 e. The molecule has 3 aromatic rings. The zero-order valence-electron chi connectivity index (χ0n) is 14.4. The summed E-state index contributed by atoms with van der Waals surface area (Å²) in [5.41, 5.74) is 3.06. The Hall–Kier alpha value is -2.54. The molecule has 0 aliphatic carbocycles. The third-order valence-corrected chi connectivity index (χ3v) is 4.58. The van der Waals surface area contributed by atoms with Crippen molar-refractivity contribution in [2.24, 2.45) is 0 Å². The number of nitrogens with zero attached hydrogens (tertiary/aromatic N) is 3. The van der Waals surface area contributed by atoms with E-state index in [0.717, 1.165) is 16.8 Å². The van der Waals surface area contributed by atoms with Gasteiger partial charge in [0, 0.05) is 12.2 Å².